The highest BCUT2D eigenvalue weighted by Crippen LogP contribution is 2.23. The van der Waals surface area contributed by atoms with Crippen LogP contribution in [0.2, 0.25) is 0 Å². The highest BCUT2D eigenvalue weighted by atomic mass is 32.1. The number of methoxy groups -OCH3 is 1. The number of nitrogens with zero attached hydrogens (tertiary/aromatic N) is 3. The molecule has 0 saturated heterocycles. The molecule has 1 amide bonds. The van der Waals surface area contributed by atoms with E-state index in [4.69, 9.17) is 4.74 Å². The molecule has 0 spiro atoms. The molecule has 0 aliphatic carbocycles. The van der Waals surface area contributed by atoms with Gasteiger partial charge in [0.05, 0.1) is 22.2 Å². The third-order valence-electron chi connectivity index (χ3n) is 3.73. The van der Waals surface area contributed by atoms with Crippen molar-refractivity contribution in [3.8, 4) is 5.75 Å². The van der Waals surface area contributed by atoms with Gasteiger partial charge in [-0.05, 0) is 37.3 Å². The number of rotatable bonds is 4. The average Bonchev–Trinajstić information content (AvgIpc) is 2.97. The van der Waals surface area contributed by atoms with Crippen LogP contribution in [0.5, 0.6) is 5.75 Å². The van der Waals surface area contributed by atoms with Crippen LogP contribution < -0.4 is 9.54 Å². The van der Waals surface area contributed by atoms with E-state index in [1.165, 1.54) is 23.5 Å². The van der Waals surface area contributed by atoms with Gasteiger partial charge in [-0.2, -0.15) is 4.99 Å². The number of amides is 1. The third kappa shape index (κ3) is 3.29. The molecular weight excluding hydrogens is 342 g/mol. The summed E-state index contributed by atoms with van der Waals surface area (Å²) in [5.41, 5.74) is 1.16. The summed E-state index contributed by atoms with van der Waals surface area (Å²) < 4.78 is 7.72. The molecule has 25 heavy (non-hydrogen) atoms. The molecule has 8 heteroatoms. The van der Waals surface area contributed by atoms with Gasteiger partial charge in [-0.1, -0.05) is 11.3 Å². The van der Waals surface area contributed by atoms with Gasteiger partial charge in [0.2, 0.25) is 0 Å². The van der Waals surface area contributed by atoms with Crippen LogP contribution in [0.1, 0.15) is 17.3 Å². The summed E-state index contributed by atoms with van der Waals surface area (Å²) in [5.74, 6) is 0.292. The van der Waals surface area contributed by atoms with E-state index in [1.807, 2.05) is 6.92 Å². The van der Waals surface area contributed by atoms with E-state index in [2.05, 4.69) is 4.99 Å². The number of carbonyl (C=O) groups excluding carboxylic acids is 1. The normalized spacial score (nSPS) is 11.7. The van der Waals surface area contributed by atoms with Crippen molar-refractivity contribution in [2.24, 2.45) is 4.99 Å². The Morgan fingerprint density at radius 1 is 1.28 bits per heavy atom. The summed E-state index contributed by atoms with van der Waals surface area (Å²) in [6.07, 6.45) is 0. The second kappa shape index (κ2) is 6.86. The molecule has 0 saturated carbocycles. The number of ether oxygens (including phenoxy) is 1. The maximum atomic E-state index is 12.4. The van der Waals surface area contributed by atoms with Gasteiger partial charge in [-0.15, -0.1) is 0 Å². The number of aryl methyl sites for hydroxylation is 1. The maximum Gasteiger partial charge on any atom is 0.279 e. The summed E-state index contributed by atoms with van der Waals surface area (Å²) >= 11 is 1.33. The topological polar surface area (TPSA) is 86.7 Å². The van der Waals surface area contributed by atoms with Crippen LogP contribution in [0.15, 0.2) is 47.5 Å². The lowest BCUT2D eigenvalue weighted by atomic mass is 10.2. The van der Waals surface area contributed by atoms with E-state index in [9.17, 15) is 14.9 Å². The van der Waals surface area contributed by atoms with Gasteiger partial charge in [0.15, 0.2) is 4.80 Å². The lowest BCUT2D eigenvalue weighted by molar-refractivity contribution is -0.384. The predicted octanol–water partition coefficient (Wildman–Crippen LogP) is 3.38. The number of hydrogen-bond acceptors (Lipinski definition) is 5. The molecule has 3 aromatic rings. The summed E-state index contributed by atoms with van der Waals surface area (Å²) in [4.78, 5) is 27.7. The first-order valence-electron chi connectivity index (χ1n) is 7.54. The van der Waals surface area contributed by atoms with Crippen LogP contribution >= 0.6 is 11.3 Å². The monoisotopic (exact) mass is 357 g/mol. The van der Waals surface area contributed by atoms with E-state index in [0.717, 1.165) is 4.70 Å². The molecule has 0 unspecified atom stereocenters. The van der Waals surface area contributed by atoms with Crippen LogP contribution in [0.3, 0.4) is 0 Å². The lowest BCUT2D eigenvalue weighted by Gasteiger charge is -2.01. The minimum absolute atomic E-state index is 0.0144. The number of carbonyl (C=O) groups is 1. The van der Waals surface area contributed by atoms with Gasteiger partial charge in [0.1, 0.15) is 5.75 Å². The number of non-ortho nitro benzene ring substituents is 1. The molecule has 0 aliphatic rings. The first kappa shape index (κ1) is 16.8. The van der Waals surface area contributed by atoms with Crippen LogP contribution in [0, 0.1) is 10.1 Å². The van der Waals surface area contributed by atoms with Gasteiger partial charge in [0, 0.05) is 24.2 Å². The first-order valence-corrected chi connectivity index (χ1v) is 8.36. The predicted molar refractivity (Wildman–Crippen MR) is 95.0 cm³/mol. The number of nitro benzene ring substituents is 1. The highest BCUT2D eigenvalue weighted by molar-refractivity contribution is 7.16. The summed E-state index contributed by atoms with van der Waals surface area (Å²) in [5, 5.41) is 11.0. The second-order valence-corrected chi connectivity index (χ2v) is 6.19. The van der Waals surface area contributed by atoms with E-state index in [-0.39, 0.29) is 11.6 Å². The fraction of sp³-hybridized carbons (Fsp3) is 0.176. The maximum absolute atomic E-state index is 12.4. The van der Waals surface area contributed by atoms with Crippen molar-refractivity contribution in [3.05, 3.63) is 62.9 Å². The second-order valence-electron chi connectivity index (χ2n) is 5.18. The number of benzene rings is 2. The van der Waals surface area contributed by atoms with Gasteiger partial charge < -0.3 is 9.30 Å². The number of hydrogen-bond donors (Lipinski definition) is 0. The molecule has 0 fully saturated rings. The zero-order chi connectivity index (χ0) is 18.0. The zero-order valence-corrected chi connectivity index (χ0v) is 14.4. The molecular formula is C17H15N3O4S. The number of aromatic nitrogens is 1. The van der Waals surface area contributed by atoms with Crippen molar-refractivity contribution in [1.82, 2.24) is 4.57 Å². The average molecular weight is 357 g/mol. The Hall–Kier alpha value is -3.00. The van der Waals surface area contributed by atoms with Crippen molar-refractivity contribution < 1.29 is 14.5 Å². The van der Waals surface area contributed by atoms with Crippen molar-refractivity contribution in [2.45, 2.75) is 13.5 Å². The zero-order valence-electron chi connectivity index (χ0n) is 13.6. The standard InChI is InChI=1S/C17H15N3O4S/c1-3-19-14-10-12(20(22)23)6-9-15(14)25-17(19)18-16(21)11-4-7-13(24-2)8-5-11/h4-10H,3H2,1-2H3. The highest BCUT2D eigenvalue weighted by Gasteiger charge is 2.12. The molecule has 1 heterocycles. The van der Waals surface area contributed by atoms with E-state index in [1.54, 1.807) is 42.0 Å². The Balaban J connectivity index is 2.08. The molecule has 3 rings (SSSR count). The molecule has 0 N–H and O–H groups in total. The Labute approximate surface area is 147 Å². The van der Waals surface area contributed by atoms with Crippen LogP contribution in [-0.2, 0) is 6.54 Å². The smallest absolute Gasteiger partial charge is 0.279 e. The first-order chi connectivity index (χ1) is 12.0. The van der Waals surface area contributed by atoms with Gasteiger partial charge in [-0.3, -0.25) is 14.9 Å². The Kier molecular flexibility index (Phi) is 4.62. The quantitative estimate of drug-likeness (QED) is 0.529. The Bertz CT molecular complexity index is 1020. The van der Waals surface area contributed by atoms with E-state index in [0.29, 0.717) is 28.2 Å². The molecule has 2 aromatic carbocycles. The molecule has 0 bridgehead atoms. The van der Waals surface area contributed by atoms with Crippen LogP contribution in [0.25, 0.3) is 10.2 Å². The SMILES string of the molecule is CCn1c(=NC(=O)c2ccc(OC)cc2)sc2ccc([N+](=O)[O-])cc21. The summed E-state index contributed by atoms with van der Waals surface area (Å²) in [6.45, 7) is 2.46. The van der Waals surface area contributed by atoms with Crippen molar-refractivity contribution in [3.63, 3.8) is 0 Å². The van der Waals surface area contributed by atoms with Crippen LogP contribution in [-0.4, -0.2) is 22.5 Å². The third-order valence-corrected chi connectivity index (χ3v) is 4.79. The molecule has 0 atom stereocenters. The van der Waals surface area contributed by atoms with E-state index >= 15 is 0 Å². The van der Waals surface area contributed by atoms with Gasteiger partial charge in [0.25, 0.3) is 11.6 Å². The number of thiazole rings is 1. The largest absolute Gasteiger partial charge is 0.497 e. The molecule has 0 radical (unpaired) electrons. The van der Waals surface area contributed by atoms with Crippen molar-refractivity contribution >= 4 is 33.1 Å². The molecule has 1 aromatic heterocycles. The Morgan fingerprint density at radius 3 is 2.60 bits per heavy atom. The van der Waals surface area contributed by atoms with Gasteiger partial charge in [-0.25, -0.2) is 0 Å². The summed E-state index contributed by atoms with van der Waals surface area (Å²) in [7, 11) is 1.56. The van der Waals surface area contributed by atoms with Gasteiger partial charge >= 0.3 is 0 Å². The fourth-order valence-electron chi connectivity index (χ4n) is 2.45. The van der Waals surface area contributed by atoms with E-state index < -0.39 is 4.92 Å². The van der Waals surface area contributed by atoms with Crippen molar-refractivity contribution in [1.29, 1.82) is 0 Å². The minimum atomic E-state index is -0.434. The fourth-order valence-corrected chi connectivity index (χ4v) is 3.52. The molecule has 0 aliphatic heterocycles. The molecule has 7 nitrogen and oxygen atoms in total. The number of nitro groups is 1. The lowest BCUT2D eigenvalue weighted by Crippen LogP contribution is -2.15. The van der Waals surface area contributed by atoms with Crippen LogP contribution in [0.4, 0.5) is 5.69 Å². The summed E-state index contributed by atoms with van der Waals surface area (Å²) in [6, 6.07) is 11.3. The minimum Gasteiger partial charge on any atom is -0.497 e. The van der Waals surface area contributed by atoms with Crippen molar-refractivity contribution in [2.75, 3.05) is 7.11 Å². The Morgan fingerprint density at radius 2 is 2.00 bits per heavy atom. The number of fused-ring (bicyclic) bond motifs is 1. The molecule has 128 valence electrons.